The Morgan fingerprint density at radius 2 is 1.65 bits per heavy atom. The van der Waals surface area contributed by atoms with Gasteiger partial charge in [0, 0.05) is 0 Å². The standard InChI is InChI=1S/C15H12OSe/c1-2-6-12(7-3-1)17-15-10-11-16-14-9-5-4-8-13(14)15/h1-10H,11H2. The Morgan fingerprint density at radius 3 is 2.53 bits per heavy atom. The van der Waals surface area contributed by atoms with Crippen LogP contribution in [-0.4, -0.2) is 21.6 Å². The zero-order chi connectivity index (χ0) is 11.5. The molecule has 0 spiro atoms. The molecule has 0 unspecified atom stereocenters. The summed E-state index contributed by atoms with van der Waals surface area (Å²) >= 11 is 0.362. The van der Waals surface area contributed by atoms with Gasteiger partial charge in [-0.15, -0.1) is 0 Å². The fourth-order valence-corrected chi connectivity index (χ4v) is 3.88. The number of hydrogen-bond donors (Lipinski definition) is 0. The van der Waals surface area contributed by atoms with E-state index in [-0.39, 0.29) is 0 Å². The predicted octanol–water partition coefficient (Wildman–Crippen LogP) is 2.45. The molecule has 84 valence electrons. The van der Waals surface area contributed by atoms with Crippen LogP contribution in [0.1, 0.15) is 5.56 Å². The van der Waals surface area contributed by atoms with Crippen LogP contribution in [0, 0.1) is 0 Å². The fourth-order valence-electron chi connectivity index (χ4n) is 1.83. The SMILES string of the molecule is C1=C([Se]c2ccccc2)c2ccccc2OC1. The summed E-state index contributed by atoms with van der Waals surface area (Å²) in [5.41, 5.74) is 1.25. The summed E-state index contributed by atoms with van der Waals surface area (Å²) in [5.74, 6) is 1.02. The van der Waals surface area contributed by atoms with Crippen molar-refractivity contribution in [2.45, 2.75) is 0 Å². The molecule has 17 heavy (non-hydrogen) atoms. The average molecular weight is 287 g/mol. The first-order valence-electron chi connectivity index (χ1n) is 5.59. The third-order valence-corrected chi connectivity index (χ3v) is 4.97. The molecule has 1 nitrogen and oxygen atoms in total. The second-order valence-electron chi connectivity index (χ2n) is 3.79. The molecule has 0 aliphatic carbocycles. The van der Waals surface area contributed by atoms with Crippen molar-refractivity contribution in [3.8, 4) is 5.75 Å². The number of ether oxygens (including phenoxy) is 1. The molecule has 2 aromatic carbocycles. The van der Waals surface area contributed by atoms with Crippen LogP contribution in [0.3, 0.4) is 0 Å². The third-order valence-electron chi connectivity index (χ3n) is 2.63. The summed E-state index contributed by atoms with van der Waals surface area (Å²) in [7, 11) is 0. The Hall–Kier alpha value is -1.50. The molecule has 0 radical (unpaired) electrons. The first-order chi connectivity index (χ1) is 8.43. The molecular weight excluding hydrogens is 275 g/mol. The second kappa shape index (κ2) is 4.78. The van der Waals surface area contributed by atoms with Crippen molar-refractivity contribution in [3.05, 3.63) is 66.2 Å². The van der Waals surface area contributed by atoms with Gasteiger partial charge in [0.2, 0.25) is 0 Å². The monoisotopic (exact) mass is 288 g/mol. The van der Waals surface area contributed by atoms with Crippen molar-refractivity contribution in [1.29, 1.82) is 0 Å². The Kier molecular flexibility index (Phi) is 2.99. The van der Waals surface area contributed by atoms with Crippen molar-refractivity contribution in [1.82, 2.24) is 0 Å². The molecule has 1 aliphatic rings. The van der Waals surface area contributed by atoms with Crippen LogP contribution in [0.15, 0.2) is 60.7 Å². The molecule has 3 rings (SSSR count). The maximum atomic E-state index is 5.62. The molecule has 2 aromatic rings. The Bertz CT molecular complexity index is 546. The zero-order valence-corrected chi connectivity index (χ0v) is 11.0. The molecule has 0 saturated heterocycles. The maximum absolute atomic E-state index is 5.62. The molecular formula is C15H12OSe. The number of hydrogen-bond acceptors (Lipinski definition) is 1. The fraction of sp³-hybridized carbons (Fsp3) is 0.0667. The van der Waals surface area contributed by atoms with Crippen LogP contribution in [0.2, 0.25) is 0 Å². The summed E-state index contributed by atoms with van der Waals surface area (Å²) in [6.07, 6.45) is 2.20. The van der Waals surface area contributed by atoms with Crippen LogP contribution in [0.5, 0.6) is 5.75 Å². The number of para-hydroxylation sites is 1. The minimum atomic E-state index is 0.362. The minimum absolute atomic E-state index is 0.362. The first-order valence-corrected chi connectivity index (χ1v) is 7.30. The summed E-state index contributed by atoms with van der Waals surface area (Å²) < 4.78 is 8.45. The number of fused-ring (bicyclic) bond motifs is 1. The zero-order valence-electron chi connectivity index (χ0n) is 9.30. The Balaban J connectivity index is 1.92. The Morgan fingerprint density at radius 1 is 0.882 bits per heavy atom. The van der Waals surface area contributed by atoms with E-state index in [0.717, 1.165) is 5.75 Å². The molecule has 2 heteroatoms. The van der Waals surface area contributed by atoms with Gasteiger partial charge in [0.25, 0.3) is 0 Å². The van der Waals surface area contributed by atoms with E-state index in [4.69, 9.17) is 4.74 Å². The van der Waals surface area contributed by atoms with Gasteiger partial charge in [-0.2, -0.15) is 0 Å². The molecule has 0 aromatic heterocycles. The van der Waals surface area contributed by atoms with Gasteiger partial charge in [0.1, 0.15) is 0 Å². The van der Waals surface area contributed by atoms with Crippen molar-refractivity contribution in [2.75, 3.05) is 6.61 Å². The second-order valence-corrected chi connectivity index (χ2v) is 6.13. The predicted molar refractivity (Wildman–Crippen MR) is 71.7 cm³/mol. The quantitative estimate of drug-likeness (QED) is 0.771. The van der Waals surface area contributed by atoms with Gasteiger partial charge in [0.05, 0.1) is 0 Å². The van der Waals surface area contributed by atoms with Crippen molar-refractivity contribution >= 4 is 23.9 Å². The Labute approximate surface area is 107 Å². The number of benzene rings is 2. The number of rotatable bonds is 2. The van der Waals surface area contributed by atoms with Crippen molar-refractivity contribution < 1.29 is 4.74 Å². The van der Waals surface area contributed by atoms with Gasteiger partial charge in [0.15, 0.2) is 0 Å². The molecule has 0 saturated carbocycles. The molecule has 0 fully saturated rings. The topological polar surface area (TPSA) is 9.23 Å². The van der Waals surface area contributed by atoms with E-state index in [9.17, 15) is 0 Å². The van der Waals surface area contributed by atoms with E-state index in [1.165, 1.54) is 14.5 Å². The summed E-state index contributed by atoms with van der Waals surface area (Å²) in [6.45, 7) is 0.695. The first kappa shape index (κ1) is 10.6. The van der Waals surface area contributed by atoms with Crippen LogP contribution >= 0.6 is 0 Å². The summed E-state index contributed by atoms with van der Waals surface area (Å²) in [6, 6.07) is 18.9. The van der Waals surface area contributed by atoms with E-state index >= 15 is 0 Å². The molecule has 1 heterocycles. The van der Waals surface area contributed by atoms with E-state index in [1.807, 2.05) is 12.1 Å². The van der Waals surface area contributed by atoms with E-state index in [0.29, 0.717) is 21.6 Å². The normalized spacial score (nSPS) is 13.5. The average Bonchev–Trinajstić information content (AvgIpc) is 2.40. The van der Waals surface area contributed by atoms with E-state index in [2.05, 4.69) is 48.5 Å². The molecule has 0 N–H and O–H groups in total. The van der Waals surface area contributed by atoms with E-state index in [1.54, 1.807) is 0 Å². The molecule has 0 amide bonds. The van der Waals surface area contributed by atoms with Gasteiger partial charge in [-0.3, -0.25) is 0 Å². The van der Waals surface area contributed by atoms with Gasteiger partial charge in [-0.25, -0.2) is 0 Å². The molecule has 1 aliphatic heterocycles. The van der Waals surface area contributed by atoms with E-state index < -0.39 is 0 Å². The van der Waals surface area contributed by atoms with Gasteiger partial charge in [-0.1, -0.05) is 0 Å². The molecule has 0 bridgehead atoms. The summed E-state index contributed by atoms with van der Waals surface area (Å²) in [5, 5.41) is 0. The van der Waals surface area contributed by atoms with Crippen molar-refractivity contribution in [3.63, 3.8) is 0 Å². The molecule has 0 atom stereocenters. The van der Waals surface area contributed by atoms with Crippen molar-refractivity contribution in [2.24, 2.45) is 0 Å². The van der Waals surface area contributed by atoms with Crippen LogP contribution in [0.4, 0.5) is 0 Å². The van der Waals surface area contributed by atoms with Gasteiger partial charge < -0.3 is 0 Å². The van der Waals surface area contributed by atoms with Gasteiger partial charge in [-0.05, 0) is 0 Å². The van der Waals surface area contributed by atoms with Gasteiger partial charge >= 0.3 is 107 Å². The van der Waals surface area contributed by atoms with Crippen LogP contribution < -0.4 is 9.20 Å². The van der Waals surface area contributed by atoms with Crippen LogP contribution in [-0.2, 0) is 0 Å². The third kappa shape index (κ3) is 2.28. The van der Waals surface area contributed by atoms with Crippen LogP contribution in [0.25, 0.3) is 4.47 Å². The summed E-state index contributed by atoms with van der Waals surface area (Å²) in [4.78, 5) is 0.